The van der Waals surface area contributed by atoms with E-state index in [2.05, 4.69) is 0 Å². The van der Waals surface area contributed by atoms with Crippen LogP contribution in [0.3, 0.4) is 0 Å². The molecule has 1 heterocycles. The van der Waals surface area contributed by atoms with Crippen molar-refractivity contribution in [2.24, 2.45) is 5.92 Å². The standard InChI is InChI=1S/C11H17NO3/c1-3-9-10(15-7(2)13)6-12(9)11(14)8-4-5-8/h8-10H,3-6H2,1-2H3. The normalized spacial score (nSPS) is 29.6. The molecule has 2 unspecified atom stereocenters. The van der Waals surface area contributed by atoms with E-state index < -0.39 is 0 Å². The Labute approximate surface area is 89.6 Å². The molecule has 2 fully saturated rings. The number of rotatable bonds is 3. The van der Waals surface area contributed by atoms with Crippen LogP contribution in [0.5, 0.6) is 0 Å². The van der Waals surface area contributed by atoms with Gasteiger partial charge in [-0.15, -0.1) is 0 Å². The van der Waals surface area contributed by atoms with Crippen molar-refractivity contribution in [3.05, 3.63) is 0 Å². The molecule has 1 amide bonds. The van der Waals surface area contributed by atoms with Crippen LogP contribution in [0.15, 0.2) is 0 Å². The lowest BCUT2D eigenvalue weighted by atomic mass is 9.95. The summed E-state index contributed by atoms with van der Waals surface area (Å²) in [6.07, 6.45) is 2.85. The molecule has 2 aliphatic rings. The van der Waals surface area contributed by atoms with Gasteiger partial charge in [0.1, 0.15) is 6.10 Å². The molecule has 0 bridgehead atoms. The number of hydrogen-bond donors (Lipinski definition) is 0. The third-order valence-corrected chi connectivity index (χ3v) is 3.15. The highest BCUT2D eigenvalue weighted by Gasteiger charge is 2.46. The predicted octanol–water partition coefficient (Wildman–Crippen LogP) is 0.949. The van der Waals surface area contributed by atoms with Crippen molar-refractivity contribution in [1.29, 1.82) is 0 Å². The molecule has 1 aliphatic heterocycles. The number of carbonyl (C=O) groups is 2. The Balaban J connectivity index is 1.89. The van der Waals surface area contributed by atoms with Crippen LogP contribution in [-0.2, 0) is 14.3 Å². The predicted molar refractivity (Wildman–Crippen MR) is 54.1 cm³/mol. The van der Waals surface area contributed by atoms with Crippen molar-refractivity contribution in [1.82, 2.24) is 4.90 Å². The lowest BCUT2D eigenvalue weighted by Crippen LogP contribution is -2.63. The summed E-state index contributed by atoms with van der Waals surface area (Å²) in [6.45, 7) is 4.03. The van der Waals surface area contributed by atoms with Gasteiger partial charge in [-0.05, 0) is 19.3 Å². The third-order valence-electron chi connectivity index (χ3n) is 3.15. The van der Waals surface area contributed by atoms with Crippen molar-refractivity contribution >= 4 is 11.9 Å². The molecule has 0 N–H and O–H groups in total. The molecule has 0 aromatic heterocycles. The summed E-state index contributed by atoms with van der Waals surface area (Å²) in [7, 11) is 0. The van der Waals surface area contributed by atoms with Crippen LogP contribution in [0.2, 0.25) is 0 Å². The zero-order chi connectivity index (χ0) is 11.0. The fourth-order valence-electron chi connectivity index (χ4n) is 2.14. The van der Waals surface area contributed by atoms with E-state index in [-0.39, 0.29) is 29.9 Å². The third kappa shape index (κ3) is 1.98. The maximum Gasteiger partial charge on any atom is 0.303 e. The first kappa shape index (κ1) is 10.5. The van der Waals surface area contributed by atoms with Crippen LogP contribution >= 0.6 is 0 Å². The number of ether oxygens (including phenoxy) is 1. The van der Waals surface area contributed by atoms with E-state index in [0.717, 1.165) is 19.3 Å². The van der Waals surface area contributed by atoms with E-state index in [9.17, 15) is 9.59 Å². The molecule has 84 valence electrons. The number of hydrogen-bond acceptors (Lipinski definition) is 3. The molecular formula is C11H17NO3. The van der Waals surface area contributed by atoms with E-state index in [1.807, 2.05) is 11.8 Å². The second kappa shape index (κ2) is 3.83. The van der Waals surface area contributed by atoms with Gasteiger partial charge in [0.25, 0.3) is 0 Å². The summed E-state index contributed by atoms with van der Waals surface area (Å²) in [5.41, 5.74) is 0. The molecule has 0 aromatic carbocycles. The van der Waals surface area contributed by atoms with Gasteiger partial charge >= 0.3 is 5.97 Å². The second-order valence-corrected chi connectivity index (χ2v) is 4.39. The first-order valence-electron chi connectivity index (χ1n) is 5.61. The average Bonchev–Trinajstić information content (AvgIpc) is 2.93. The number of carbonyl (C=O) groups excluding carboxylic acids is 2. The summed E-state index contributed by atoms with van der Waals surface area (Å²) in [6, 6.07) is 0.113. The summed E-state index contributed by atoms with van der Waals surface area (Å²) in [4.78, 5) is 24.4. The summed E-state index contributed by atoms with van der Waals surface area (Å²) in [5.74, 6) is 0.263. The first-order chi connectivity index (χ1) is 7.13. The topological polar surface area (TPSA) is 46.6 Å². The van der Waals surface area contributed by atoms with Crippen LogP contribution in [0.25, 0.3) is 0 Å². The largest absolute Gasteiger partial charge is 0.458 e. The number of nitrogens with zero attached hydrogens (tertiary/aromatic N) is 1. The highest BCUT2D eigenvalue weighted by Crippen LogP contribution is 2.35. The molecule has 0 spiro atoms. The van der Waals surface area contributed by atoms with Gasteiger partial charge < -0.3 is 9.64 Å². The van der Waals surface area contributed by atoms with Gasteiger partial charge in [0.15, 0.2) is 0 Å². The molecule has 1 aliphatic carbocycles. The molecule has 4 heteroatoms. The molecule has 4 nitrogen and oxygen atoms in total. The van der Waals surface area contributed by atoms with E-state index in [1.165, 1.54) is 6.92 Å². The Morgan fingerprint density at radius 3 is 2.53 bits per heavy atom. The fraction of sp³-hybridized carbons (Fsp3) is 0.818. The summed E-state index contributed by atoms with van der Waals surface area (Å²) in [5, 5.41) is 0. The minimum Gasteiger partial charge on any atom is -0.458 e. The van der Waals surface area contributed by atoms with Crippen molar-refractivity contribution < 1.29 is 14.3 Å². The Morgan fingerprint density at radius 2 is 2.07 bits per heavy atom. The number of amides is 1. The van der Waals surface area contributed by atoms with Gasteiger partial charge in [-0.3, -0.25) is 9.59 Å². The highest BCUT2D eigenvalue weighted by atomic mass is 16.5. The molecule has 2 atom stereocenters. The van der Waals surface area contributed by atoms with Gasteiger partial charge in [0, 0.05) is 12.8 Å². The highest BCUT2D eigenvalue weighted by molar-refractivity contribution is 5.82. The molecule has 1 saturated carbocycles. The minimum atomic E-state index is -0.253. The van der Waals surface area contributed by atoms with Gasteiger partial charge in [0.2, 0.25) is 5.91 Å². The molecule has 0 aromatic rings. The average molecular weight is 211 g/mol. The molecule has 15 heavy (non-hydrogen) atoms. The smallest absolute Gasteiger partial charge is 0.303 e. The van der Waals surface area contributed by atoms with E-state index in [1.54, 1.807) is 0 Å². The fourth-order valence-corrected chi connectivity index (χ4v) is 2.14. The van der Waals surface area contributed by atoms with E-state index >= 15 is 0 Å². The number of esters is 1. The van der Waals surface area contributed by atoms with Crippen LogP contribution < -0.4 is 0 Å². The molecule has 2 rings (SSSR count). The Kier molecular flexibility index (Phi) is 2.67. The zero-order valence-electron chi connectivity index (χ0n) is 9.23. The van der Waals surface area contributed by atoms with Crippen molar-refractivity contribution in [3.63, 3.8) is 0 Å². The Morgan fingerprint density at radius 1 is 1.40 bits per heavy atom. The maximum absolute atomic E-state index is 11.8. The second-order valence-electron chi connectivity index (χ2n) is 4.39. The first-order valence-corrected chi connectivity index (χ1v) is 5.61. The molecule has 0 radical (unpaired) electrons. The minimum absolute atomic E-state index is 0.0739. The van der Waals surface area contributed by atoms with Crippen molar-refractivity contribution in [2.75, 3.05) is 6.54 Å². The van der Waals surface area contributed by atoms with Crippen LogP contribution in [0.1, 0.15) is 33.1 Å². The van der Waals surface area contributed by atoms with Crippen LogP contribution in [0.4, 0.5) is 0 Å². The SMILES string of the molecule is CCC1C(OC(C)=O)CN1C(=O)C1CC1. The lowest BCUT2D eigenvalue weighted by Gasteiger charge is -2.46. The van der Waals surface area contributed by atoms with Gasteiger partial charge in [-0.2, -0.15) is 0 Å². The Bertz CT molecular complexity index is 286. The van der Waals surface area contributed by atoms with Crippen LogP contribution in [0, 0.1) is 5.92 Å². The monoisotopic (exact) mass is 211 g/mol. The summed E-state index contributed by atoms with van der Waals surface area (Å²) >= 11 is 0. The number of likely N-dealkylation sites (tertiary alicyclic amines) is 1. The molecular weight excluding hydrogens is 194 g/mol. The van der Waals surface area contributed by atoms with Crippen LogP contribution in [-0.4, -0.2) is 35.5 Å². The van der Waals surface area contributed by atoms with E-state index in [4.69, 9.17) is 4.74 Å². The zero-order valence-corrected chi connectivity index (χ0v) is 9.23. The van der Waals surface area contributed by atoms with Crippen molar-refractivity contribution in [2.45, 2.75) is 45.3 Å². The van der Waals surface area contributed by atoms with Gasteiger partial charge in [0.05, 0.1) is 12.6 Å². The van der Waals surface area contributed by atoms with Gasteiger partial charge in [-0.25, -0.2) is 0 Å². The maximum atomic E-state index is 11.8. The van der Waals surface area contributed by atoms with E-state index in [0.29, 0.717) is 6.54 Å². The Hall–Kier alpha value is -1.06. The molecule has 1 saturated heterocycles. The quantitative estimate of drug-likeness (QED) is 0.653. The van der Waals surface area contributed by atoms with Crippen molar-refractivity contribution in [3.8, 4) is 0 Å². The summed E-state index contributed by atoms with van der Waals surface area (Å²) < 4.78 is 5.14. The lowest BCUT2D eigenvalue weighted by molar-refractivity contribution is -0.172. The van der Waals surface area contributed by atoms with Gasteiger partial charge in [-0.1, -0.05) is 6.92 Å².